The molecule has 0 aromatic heterocycles. The van der Waals surface area contributed by atoms with Crippen LogP contribution in [-0.2, 0) is 4.74 Å². The van der Waals surface area contributed by atoms with Crippen LogP contribution in [0.4, 0.5) is 0 Å². The van der Waals surface area contributed by atoms with E-state index in [0.717, 1.165) is 37.0 Å². The molecule has 1 N–H and O–H groups in total. The molecule has 4 nitrogen and oxygen atoms in total. The largest absolute Gasteiger partial charge is 0.497 e. The SMILES string of the molecule is COc1ccc([C@H](C)O)c(OC2CCCC(OC)C2)c1. The van der Waals surface area contributed by atoms with Gasteiger partial charge in [0, 0.05) is 25.2 Å². The zero-order valence-corrected chi connectivity index (χ0v) is 12.5. The summed E-state index contributed by atoms with van der Waals surface area (Å²) in [7, 11) is 3.38. The van der Waals surface area contributed by atoms with Gasteiger partial charge in [-0.1, -0.05) is 0 Å². The zero-order valence-electron chi connectivity index (χ0n) is 12.5. The van der Waals surface area contributed by atoms with Crippen LogP contribution in [-0.4, -0.2) is 31.5 Å². The Balaban J connectivity index is 2.14. The van der Waals surface area contributed by atoms with Crippen molar-refractivity contribution in [1.29, 1.82) is 0 Å². The number of aliphatic hydroxyl groups excluding tert-OH is 1. The van der Waals surface area contributed by atoms with Crippen LogP contribution in [0.5, 0.6) is 11.5 Å². The first-order valence-corrected chi connectivity index (χ1v) is 7.19. The Kier molecular flexibility index (Phi) is 5.26. The second-order valence-electron chi connectivity index (χ2n) is 5.34. The van der Waals surface area contributed by atoms with Crippen molar-refractivity contribution in [2.24, 2.45) is 0 Å². The van der Waals surface area contributed by atoms with Crippen LogP contribution in [0, 0.1) is 0 Å². The molecular formula is C16H24O4. The number of hydrogen-bond donors (Lipinski definition) is 1. The first-order chi connectivity index (χ1) is 9.63. The van der Waals surface area contributed by atoms with E-state index in [9.17, 15) is 5.11 Å². The monoisotopic (exact) mass is 280 g/mol. The molecule has 0 heterocycles. The van der Waals surface area contributed by atoms with E-state index >= 15 is 0 Å². The maximum absolute atomic E-state index is 9.85. The van der Waals surface area contributed by atoms with Gasteiger partial charge in [-0.25, -0.2) is 0 Å². The van der Waals surface area contributed by atoms with Crippen molar-refractivity contribution in [3.8, 4) is 11.5 Å². The van der Waals surface area contributed by atoms with E-state index in [-0.39, 0.29) is 12.2 Å². The molecule has 0 saturated heterocycles. The molecule has 0 spiro atoms. The van der Waals surface area contributed by atoms with Crippen molar-refractivity contribution >= 4 is 0 Å². The molecule has 0 bridgehead atoms. The van der Waals surface area contributed by atoms with Gasteiger partial charge in [0.25, 0.3) is 0 Å². The minimum Gasteiger partial charge on any atom is -0.497 e. The van der Waals surface area contributed by atoms with Crippen LogP contribution in [0.15, 0.2) is 18.2 Å². The lowest BCUT2D eigenvalue weighted by atomic mass is 9.94. The van der Waals surface area contributed by atoms with Crippen LogP contribution in [0.25, 0.3) is 0 Å². The average Bonchev–Trinajstić information content (AvgIpc) is 2.47. The number of methoxy groups -OCH3 is 2. The van der Waals surface area contributed by atoms with Crippen molar-refractivity contribution in [2.75, 3.05) is 14.2 Å². The third-order valence-corrected chi connectivity index (χ3v) is 3.88. The maximum atomic E-state index is 9.85. The summed E-state index contributed by atoms with van der Waals surface area (Å²) in [6.07, 6.45) is 3.98. The fourth-order valence-electron chi connectivity index (χ4n) is 2.69. The van der Waals surface area contributed by atoms with Crippen molar-refractivity contribution in [3.63, 3.8) is 0 Å². The molecule has 1 aliphatic rings. The second kappa shape index (κ2) is 6.95. The van der Waals surface area contributed by atoms with Gasteiger partial charge >= 0.3 is 0 Å². The number of ether oxygens (including phenoxy) is 3. The topological polar surface area (TPSA) is 47.9 Å². The van der Waals surface area contributed by atoms with Gasteiger partial charge in [-0.15, -0.1) is 0 Å². The Morgan fingerprint density at radius 3 is 2.60 bits per heavy atom. The normalized spacial score (nSPS) is 24.2. The molecule has 1 aromatic rings. The van der Waals surface area contributed by atoms with Crippen LogP contribution in [0.2, 0.25) is 0 Å². The van der Waals surface area contributed by atoms with Crippen molar-refractivity contribution in [3.05, 3.63) is 23.8 Å². The highest BCUT2D eigenvalue weighted by molar-refractivity contribution is 5.42. The van der Waals surface area contributed by atoms with Gasteiger partial charge in [0.2, 0.25) is 0 Å². The highest BCUT2D eigenvalue weighted by Crippen LogP contribution is 2.33. The zero-order chi connectivity index (χ0) is 14.5. The molecule has 0 aliphatic heterocycles. The minimum atomic E-state index is -0.558. The number of aliphatic hydroxyl groups is 1. The highest BCUT2D eigenvalue weighted by atomic mass is 16.5. The molecule has 0 radical (unpaired) electrons. The predicted octanol–water partition coefficient (Wildman–Crippen LogP) is 3.08. The lowest BCUT2D eigenvalue weighted by molar-refractivity contribution is 0.0199. The van der Waals surface area contributed by atoms with Gasteiger partial charge in [-0.2, -0.15) is 0 Å². The predicted molar refractivity (Wildman–Crippen MR) is 77.3 cm³/mol. The van der Waals surface area contributed by atoms with E-state index in [2.05, 4.69) is 0 Å². The molecule has 4 heteroatoms. The summed E-state index contributed by atoms with van der Waals surface area (Å²) in [5.74, 6) is 1.45. The number of benzene rings is 1. The number of hydrogen-bond acceptors (Lipinski definition) is 4. The van der Waals surface area contributed by atoms with Gasteiger partial charge < -0.3 is 19.3 Å². The van der Waals surface area contributed by atoms with E-state index in [0.29, 0.717) is 5.75 Å². The minimum absolute atomic E-state index is 0.137. The van der Waals surface area contributed by atoms with E-state index < -0.39 is 6.10 Å². The lowest BCUT2D eigenvalue weighted by Gasteiger charge is -2.29. The van der Waals surface area contributed by atoms with Crippen LogP contribution < -0.4 is 9.47 Å². The van der Waals surface area contributed by atoms with Gasteiger partial charge in [0.1, 0.15) is 17.6 Å². The van der Waals surface area contributed by atoms with Crippen LogP contribution >= 0.6 is 0 Å². The van der Waals surface area contributed by atoms with Crippen molar-refractivity contribution in [1.82, 2.24) is 0 Å². The molecule has 1 saturated carbocycles. The van der Waals surface area contributed by atoms with Crippen molar-refractivity contribution < 1.29 is 19.3 Å². The molecular weight excluding hydrogens is 256 g/mol. The van der Waals surface area contributed by atoms with Gasteiger partial charge in [-0.05, 0) is 38.3 Å². The van der Waals surface area contributed by atoms with Gasteiger partial charge in [0.15, 0.2) is 0 Å². The molecule has 3 atom stereocenters. The van der Waals surface area contributed by atoms with Gasteiger partial charge in [-0.3, -0.25) is 0 Å². The van der Waals surface area contributed by atoms with Crippen LogP contribution in [0.3, 0.4) is 0 Å². The highest BCUT2D eigenvalue weighted by Gasteiger charge is 2.24. The Bertz CT molecular complexity index is 430. The molecule has 20 heavy (non-hydrogen) atoms. The molecule has 112 valence electrons. The molecule has 2 unspecified atom stereocenters. The molecule has 1 aliphatic carbocycles. The number of rotatable bonds is 5. The Morgan fingerprint density at radius 2 is 1.95 bits per heavy atom. The van der Waals surface area contributed by atoms with E-state index in [1.807, 2.05) is 18.2 Å². The fourth-order valence-corrected chi connectivity index (χ4v) is 2.69. The standard InChI is InChI=1S/C16H24O4/c1-11(17)15-8-7-13(19-3)10-16(15)20-14-6-4-5-12(9-14)18-2/h7-8,10-12,14,17H,4-6,9H2,1-3H3/t11-,12?,14?/m0/s1. The summed E-state index contributed by atoms with van der Waals surface area (Å²) in [4.78, 5) is 0. The van der Waals surface area contributed by atoms with E-state index in [1.54, 1.807) is 21.1 Å². The summed E-state index contributed by atoms with van der Waals surface area (Å²) in [6.45, 7) is 1.74. The summed E-state index contributed by atoms with van der Waals surface area (Å²) in [5.41, 5.74) is 0.797. The maximum Gasteiger partial charge on any atom is 0.129 e. The molecule has 1 aromatic carbocycles. The summed E-state index contributed by atoms with van der Waals surface area (Å²) in [5, 5.41) is 9.85. The van der Waals surface area contributed by atoms with E-state index in [1.165, 1.54) is 0 Å². The smallest absolute Gasteiger partial charge is 0.129 e. The molecule has 0 amide bonds. The summed E-state index contributed by atoms with van der Waals surface area (Å²) < 4.78 is 16.8. The Labute approximate surface area is 120 Å². The quantitative estimate of drug-likeness (QED) is 0.900. The first kappa shape index (κ1) is 15.1. The lowest BCUT2D eigenvalue weighted by Crippen LogP contribution is -2.29. The summed E-state index contributed by atoms with van der Waals surface area (Å²) in [6, 6.07) is 5.54. The third kappa shape index (κ3) is 3.64. The Hall–Kier alpha value is -1.26. The molecule has 1 fully saturated rings. The Morgan fingerprint density at radius 1 is 1.20 bits per heavy atom. The van der Waals surface area contributed by atoms with Crippen LogP contribution in [0.1, 0.15) is 44.3 Å². The summed E-state index contributed by atoms with van der Waals surface area (Å²) >= 11 is 0. The van der Waals surface area contributed by atoms with Crippen molar-refractivity contribution in [2.45, 2.75) is 50.9 Å². The van der Waals surface area contributed by atoms with E-state index in [4.69, 9.17) is 14.2 Å². The average molecular weight is 280 g/mol. The fraction of sp³-hybridized carbons (Fsp3) is 0.625. The molecule has 2 rings (SSSR count). The second-order valence-corrected chi connectivity index (χ2v) is 5.34. The van der Waals surface area contributed by atoms with Gasteiger partial charge in [0.05, 0.1) is 19.3 Å². The first-order valence-electron chi connectivity index (χ1n) is 7.19. The third-order valence-electron chi connectivity index (χ3n) is 3.88.